The Morgan fingerprint density at radius 2 is 2.42 bits per heavy atom. The van der Waals surface area contributed by atoms with Gasteiger partial charge in [0.05, 0.1) is 28.9 Å². The lowest BCUT2D eigenvalue weighted by atomic mass is 10.2. The lowest BCUT2D eigenvalue weighted by Gasteiger charge is -2.14. The van der Waals surface area contributed by atoms with Crippen LogP contribution in [0.15, 0.2) is 21.8 Å². The van der Waals surface area contributed by atoms with Crippen molar-refractivity contribution >= 4 is 27.0 Å². The molecule has 3 rings (SSSR count). The third-order valence-electron chi connectivity index (χ3n) is 3.26. The van der Waals surface area contributed by atoms with Gasteiger partial charge in [-0.3, -0.25) is 4.79 Å². The molecule has 8 heteroatoms. The second-order valence-electron chi connectivity index (χ2n) is 4.43. The van der Waals surface area contributed by atoms with Crippen LogP contribution in [0.3, 0.4) is 0 Å². The maximum atomic E-state index is 11.7. The summed E-state index contributed by atoms with van der Waals surface area (Å²) in [5.74, 6) is 0. The van der Waals surface area contributed by atoms with Crippen LogP contribution in [0.5, 0.6) is 0 Å². The standard InChI is InChI=1S/C11H12BrN3O4/c12-5-2-15(8-1-6(17)7(3-16)19-8)10-9(5)11(18)14-4-13-10/h2,4,6-8,16-17H,1,3H2,(H,13,14,18)/t6-,7+,8+/m0/s1. The number of aliphatic hydroxyl groups is 2. The first-order valence-electron chi connectivity index (χ1n) is 5.80. The van der Waals surface area contributed by atoms with E-state index >= 15 is 0 Å². The Balaban J connectivity index is 2.08. The summed E-state index contributed by atoms with van der Waals surface area (Å²) < 4.78 is 7.86. The molecule has 0 aliphatic carbocycles. The molecule has 2 aromatic rings. The fraction of sp³-hybridized carbons (Fsp3) is 0.455. The molecule has 0 radical (unpaired) electrons. The summed E-state index contributed by atoms with van der Waals surface area (Å²) >= 11 is 3.31. The second-order valence-corrected chi connectivity index (χ2v) is 5.28. The molecule has 1 fully saturated rings. The molecule has 0 aromatic carbocycles. The van der Waals surface area contributed by atoms with Crippen molar-refractivity contribution in [3.8, 4) is 0 Å². The van der Waals surface area contributed by atoms with Crippen molar-refractivity contribution < 1.29 is 14.9 Å². The number of halogens is 1. The number of fused-ring (bicyclic) bond motifs is 1. The minimum atomic E-state index is -0.728. The monoisotopic (exact) mass is 329 g/mol. The third kappa shape index (κ3) is 2.00. The molecule has 1 aliphatic heterocycles. The molecule has 1 aliphatic rings. The van der Waals surface area contributed by atoms with Crippen molar-refractivity contribution in [2.75, 3.05) is 6.61 Å². The highest BCUT2D eigenvalue weighted by atomic mass is 79.9. The summed E-state index contributed by atoms with van der Waals surface area (Å²) in [6, 6.07) is 0. The zero-order chi connectivity index (χ0) is 13.6. The summed E-state index contributed by atoms with van der Waals surface area (Å²) in [5, 5.41) is 19.3. The Morgan fingerprint density at radius 3 is 3.11 bits per heavy atom. The average molecular weight is 330 g/mol. The van der Waals surface area contributed by atoms with E-state index in [0.29, 0.717) is 21.9 Å². The van der Waals surface area contributed by atoms with E-state index in [2.05, 4.69) is 25.9 Å². The average Bonchev–Trinajstić information content (AvgIpc) is 2.91. The summed E-state index contributed by atoms with van der Waals surface area (Å²) in [4.78, 5) is 18.4. The first-order chi connectivity index (χ1) is 9.11. The van der Waals surface area contributed by atoms with Gasteiger partial charge >= 0.3 is 0 Å². The van der Waals surface area contributed by atoms with E-state index in [1.54, 1.807) is 10.8 Å². The molecular weight excluding hydrogens is 318 g/mol. The van der Waals surface area contributed by atoms with Crippen LogP contribution in [0.2, 0.25) is 0 Å². The summed E-state index contributed by atoms with van der Waals surface area (Å²) in [6.07, 6.45) is 1.58. The fourth-order valence-electron chi connectivity index (χ4n) is 2.32. The first kappa shape index (κ1) is 12.8. The second kappa shape index (κ2) is 4.71. The molecular formula is C11H12BrN3O4. The van der Waals surface area contributed by atoms with E-state index in [1.807, 2.05) is 0 Å². The van der Waals surface area contributed by atoms with Gasteiger partial charge in [0.1, 0.15) is 12.3 Å². The molecule has 0 unspecified atom stereocenters. The van der Waals surface area contributed by atoms with E-state index in [0.717, 1.165) is 0 Å². The summed E-state index contributed by atoms with van der Waals surface area (Å²) in [6.45, 7) is -0.244. The molecule has 19 heavy (non-hydrogen) atoms. The predicted octanol–water partition coefficient (Wildman–Crippen LogP) is 0.128. The molecule has 102 valence electrons. The predicted molar refractivity (Wildman–Crippen MR) is 69.7 cm³/mol. The molecule has 3 heterocycles. The maximum Gasteiger partial charge on any atom is 0.261 e. The SMILES string of the molecule is O=c1[nH]cnc2c1c(Br)cn2[C@H]1C[C@H](O)[C@@H](CO)O1. The minimum absolute atomic E-state index is 0.243. The molecule has 3 N–H and O–H groups in total. The van der Waals surface area contributed by atoms with E-state index < -0.39 is 18.4 Å². The molecule has 7 nitrogen and oxygen atoms in total. The number of hydrogen-bond acceptors (Lipinski definition) is 5. The van der Waals surface area contributed by atoms with Crippen LogP contribution in [0, 0.1) is 0 Å². The maximum absolute atomic E-state index is 11.7. The highest BCUT2D eigenvalue weighted by Crippen LogP contribution is 2.33. The van der Waals surface area contributed by atoms with Crippen molar-refractivity contribution in [2.24, 2.45) is 0 Å². The van der Waals surface area contributed by atoms with Crippen LogP contribution < -0.4 is 5.56 Å². The zero-order valence-corrected chi connectivity index (χ0v) is 11.4. The molecule has 1 saturated heterocycles. The van der Waals surface area contributed by atoms with Gasteiger partial charge in [-0.15, -0.1) is 0 Å². The number of H-pyrrole nitrogens is 1. The number of hydrogen-bond donors (Lipinski definition) is 3. The van der Waals surface area contributed by atoms with Gasteiger partial charge in [0.15, 0.2) is 5.65 Å². The minimum Gasteiger partial charge on any atom is -0.394 e. The van der Waals surface area contributed by atoms with Crippen LogP contribution in [0.4, 0.5) is 0 Å². The number of aromatic amines is 1. The number of aromatic nitrogens is 3. The Bertz CT molecular complexity index is 667. The van der Waals surface area contributed by atoms with E-state index in [9.17, 15) is 9.90 Å². The van der Waals surface area contributed by atoms with Gasteiger partial charge in [-0.2, -0.15) is 0 Å². The van der Waals surface area contributed by atoms with Crippen molar-refractivity contribution in [3.05, 3.63) is 27.4 Å². The molecule has 0 amide bonds. The number of rotatable bonds is 2. The molecule has 0 spiro atoms. The molecule has 3 atom stereocenters. The Hall–Kier alpha value is -1.22. The number of ether oxygens (including phenoxy) is 1. The van der Waals surface area contributed by atoms with Crippen molar-refractivity contribution in [1.82, 2.24) is 14.5 Å². The number of nitrogens with one attached hydrogen (secondary N) is 1. The van der Waals surface area contributed by atoms with E-state index in [1.165, 1.54) is 6.33 Å². The smallest absolute Gasteiger partial charge is 0.261 e. The highest BCUT2D eigenvalue weighted by Gasteiger charge is 2.35. The quantitative estimate of drug-likeness (QED) is 0.727. The van der Waals surface area contributed by atoms with Crippen LogP contribution in [0.25, 0.3) is 11.0 Å². The van der Waals surface area contributed by atoms with Gasteiger partial charge in [-0.05, 0) is 15.9 Å². The third-order valence-corrected chi connectivity index (χ3v) is 3.86. The zero-order valence-electron chi connectivity index (χ0n) is 9.78. The van der Waals surface area contributed by atoms with Crippen LogP contribution in [-0.4, -0.2) is 43.6 Å². The first-order valence-corrected chi connectivity index (χ1v) is 6.59. The van der Waals surface area contributed by atoms with Crippen LogP contribution >= 0.6 is 15.9 Å². The summed E-state index contributed by atoms with van der Waals surface area (Å²) in [5.41, 5.74) is 0.235. The van der Waals surface area contributed by atoms with Gasteiger partial charge in [-0.25, -0.2) is 4.98 Å². The van der Waals surface area contributed by atoms with E-state index in [4.69, 9.17) is 9.84 Å². The lowest BCUT2D eigenvalue weighted by molar-refractivity contribution is -0.0430. The molecule has 2 aromatic heterocycles. The normalized spacial score (nSPS) is 27.2. The van der Waals surface area contributed by atoms with Gasteiger partial charge < -0.3 is 24.5 Å². The fourth-order valence-corrected chi connectivity index (χ4v) is 2.90. The van der Waals surface area contributed by atoms with Crippen molar-refractivity contribution in [1.29, 1.82) is 0 Å². The Morgan fingerprint density at radius 1 is 1.63 bits per heavy atom. The van der Waals surface area contributed by atoms with Crippen molar-refractivity contribution in [2.45, 2.75) is 24.9 Å². The van der Waals surface area contributed by atoms with Gasteiger partial charge in [0.25, 0.3) is 5.56 Å². The highest BCUT2D eigenvalue weighted by molar-refractivity contribution is 9.10. The lowest BCUT2D eigenvalue weighted by Crippen LogP contribution is -2.24. The van der Waals surface area contributed by atoms with Crippen LogP contribution in [0.1, 0.15) is 12.6 Å². The largest absolute Gasteiger partial charge is 0.394 e. The van der Waals surface area contributed by atoms with Crippen molar-refractivity contribution in [3.63, 3.8) is 0 Å². The Labute approximate surface area is 116 Å². The van der Waals surface area contributed by atoms with Crippen LogP contribution in [-0.2, 0) is 4.74 Å². The summed E-state index contributed by atoms with van der Waals surface area (Å²) in [7, 11) is 0. The number of nitrogens with zero attached hydrogens (tertiary/aromatic N) is 2. The van der Waals surface area contributed by atoms with Gasteiger partial charge in [-0.1, -0.05) is 0 Å². The number of aliphatic hydroxyl groups excluding tert-OH is 2. The molecule has 0 bridgehead atoms. The van der Waals surface area contributed by atoms with Gasteiger partial charge in [0, 0.05) is 12.6 Å². The topological polar surface area (TPSA) is 100 Å². The Kier molecular flexibility index (Phi) is 3.17. The van der Waals surface area contributed by atoms with Gasteiger partial charge in [0.2, 0.25) is 0 Å². The van der Waals surface area contributed by atoms with E-state index in [-0.39, 0.29) is 12.2 Å². The molecule has 0 saturated carbocycles.